The predicted octanol–water partition coefficient (Wildman–Crippen LogP) is 2.65. The van der Waals surface area contributed by atoms with E-state index in [0.29, 0.717) is 0 Å². The molecule has 0 aromatic heterocycles. The SMILES string of the molecule is O=C(O)CCC(=O)NC(=O)Nc1c(Cl)cc(F)cc1Cl. The third-order valence-electron chi connectivity index (χ3n) is 2.06. The van der Waals surface area contributed by atoms with E-state index in [0.717, 1.165) is 12.1 Å². The number of carbonyl (C=O) groups is 3. The molecule has 0 spiro atoms. The van der Waals surface area contributed by atoms with Crippen LogP contribution in [0.2, 0.25) is 10.0 Å². The summed E-state index contributed by atoms with van der Waals surface area (Å²) in [6.07, 6.45) is -0.759. The second-order valence-electron chi connectivity index (χ2n) is 3.64. The van der Waals surface area contributed by atoms with Gasteiger partial charge in [-0.2, -0.15) is 0 Å². The predicted molar refractivity (Wildman–Crippen MR) is 70.5 cm³/mol. The highest BCUT2D eigenvalue weighted by atomic mass is 35.5. The van der Waals surface area contributed by atoms with Crippen molar-refractivity contribution in [3.63, 3.8) is 0 Å². The van der Waals surface area contributed by atoms with Gasteiger partial charge < -0.3 is 10.4 Å². The van der Waals surface area contributed by atoms with Crippen molar-refractivity contribution in [2.45, 2.75) is 12.8 Å². The Kier molecular flexibility index (Phi) is 5.72. The summed E-state index contributed by atoms with van der Waals surface area (Å²) < 4.78 is 12.9. The average molecular weight is 323 g/mol. The second-order valence-corrected chi connectivity index (χ2v) is 4.45. The number of hydrogen-bond donors (Lipinski definition) is 3. The monoisotopic (exact) mass is 322 g/mol. The standard InChI is InChI=1S/C11H9Cl2FN2O4/c12-6-3-5(14)4-7(13)10(6)16-11(20)15-8(17)1-2-9(18)19/h3-4H,1-2H2,(H,18,19)(H2,15,16,17,20). The molecule has 0 bridgehead atoms. The number of carboxylic acids is 1. The minimum atomic E-state index is -1.16. The number of imide groups is 1. The van der Waals surface area contributed by atoms with E-state index < -0.39 is 30.1 Å². The van der Waals surface area contributed by atoms with Crippen molar-refractivity contribution in [2.75, 3.05) is 5.32 Å². The number of nitrogens with one attached hydrogen (secondary N) is 2. The molecule has 20 heavy (non-hydrogen) atoms. The first-order valence-corrected chi connectivity index (χ1v) is 6.02. The number of hydrogen-bond acceptors (Lipinski definition) is 3. The van der Waals surface area contributed by atoms with Gasteiger partial charge in [0.25, 0.3) is 0 Å². The van der Waals surface area contributed by atoms with Crippen LogP contribution in [0.5, 0.6) is 0 Å². The Bertz CT molecular complexity index is 542. The van der Waals surface area contributed by atoms with E-state index in [-0.39, 0.29) is 22.2 Å². The largest absolute Gasteiger partial charge is 0.481 e. The zero-order valence-corrected chi connectivity index (χ0v) is 11.4. The van der Waals surface area contributed by atoms with Gasteiger partial charge in [0.05, 0.1) is 22.2 Å². The molecular formula is C11H9Cl2FN2O4. The maximum atomic E-state index is 12.9. The Morgan fingerprint density at radius 1 is 1.15 bits per heavy atom. The number of rotatable bonds is 4. The highest BCUT2D eigenvalue weighted by molar-refractivity contribution is 6.39. The Morgan fingerprint density at radius 2 is 1.70 bits per heavy atom. The summed E-state index contributed by atoms with van der Waals surface area (Å²) in [5.41, 5.74) is -0.0572. The van der Waals surface area contributed by atoms with Crippen LogP contribution in [0.15, 0.2) is 12.1 Å². The quantitative estimate of drug-likeness (QED) is 0.794. The molecule has 6 nitrogen and oxygen atoms in total. The molecule has 0 aliphatic carbocycles. The summed E-state index contributed by atoms with van der Waals surface area (Å²) in [5.74, 6) is -2.62. The molecule has 0 unspecified atom stereocenters. The molecule has 1 rings (SSSR count). The fraction of sp³-hybridized carbons (Fsp3) is 0.182. The molecule has 0 aliphatic rings. The van der Waals surface area contributed by atoms with Crippen molar-refractivity contribution in [3.8, 4) is 0 Å². The third-order valence-corrected chi connectivity index (χ3v) is 2.66. The van der Waals surface area contributed by atoms with Crippen molar-refractivity contribution >= 4 is 46.8 Å². The van der Waals surface area contributed by atoms with Crippen LogP contribution >= 0.6 is 23.2 Å². The molecule has 0 heterocycles. The third kappa shape index (κ3) is 5.02. The van der Waals surface area contributed by atoms with Crippen molar-refractivity contribution in [1.82, 2.24) is 5.32 Å². The molecule has 0 saturated carbocycles. The molecule has 1 aromatic rings. The van der Waals surface area contributed by atoms with Gasteiger partial charge >= 0.3 is 12.0 Å². The van der Waals surface area contributed by atoms with Gasteiger partial charge in [-0.05, 0) is 12.1 Å². The lowest BCUT2D eigenvalue weighted by Crippen LogP contribution is -2.34. The number of aliphatic carboxylic acids is 1. The molecule has 0 fully saturated rings. The van der Waals surface area contributed by atoms with Gasteiger partial charge in [0.2, 0.25) is 5.91 Å². The first-order valence-electron chi connectivity index (χ1n) is 5.26. The molecule has 1 aromatic carbocycles. The molecule has 0 radical (unpaired) electrons. The maximum absolute atomic E-state index is 12.9. The summed E-state index contributed by atoms with van der Waals surface area (Å²) in [6, 6.07) is 0.931. The number of carbonyl (C=O) groups excluding carboxylic acids is 2. The van der Waals surface area contributed by atoms with Crippen molar-refractivity contribution < 1.29 is 23.9 Å². The van der Waals surface area contributed by atoms with Gasteiger partial charge in [-0.15, -0.1) is 0 Å². The van der Waals surface area contributed by atoms with Gasteiger partial charge in [0.15, 0.2) is 0 Å². The lowest BCUT2D eigenvalue weighted by atomic mass is 10.3. The zero-order chi connectivity index (χ0) is 15.3. The number of amides is 3. The fourth-order valence-corrected chi connectivity index (χ4v) is 1.77. The summed E-state index contributed by atoms with van der Waals surface area (Å²) in [5, 5.41) is 12.2. The van der Waals surface area contributed by atoms with E-state index in [1.54, 1.807) is 0 Å². The highest BCUT2D eigenvalue weighted by Crippen LogP contribution is 2.31. The number of anilines is 1. The summed E-state index contributed by atoms with van der Waals surface area (Å²) in [7, 11) is 0. The van der Waals surface area contributed by atoms with E-state index >= 15 is 0 Å². The Hall–Kier alpha value is -1.86. The normalized spacial score (nSPS) is 9.95. The second kappa shape index (κ2) is 7.06. The van der Waals surface area contributed by atoms with Gasteiger partial charge in [0, 0.05) is 6.42 Å². The summed E-state index contributed by atoms with van der Waals surface area (Å²) in [4.78, 5) is 32.9. The van der Waals surface area contributed by atoms with Crippen LogP contribution in [0.4, 0.5) is 14.9 Å². The molecule has 0 aliphatic heterocycles. The number of benzene rings is 1. The summed E-state index contributed by atoms with van der Waals surface area (Å²) in [6.45, 7) is 0. The first-order chi connectivity index (χ1) is 9.29. The van der Waals surface area contributed by atoms with Crippen LogP contribution in [0.1, 0.15) is 12.8 Å². The highest BCUT2D eigenvalue weighted by Gasteiger charge is 2.14. The van der Waals surface area contributed by atoms with Crippen LogP contribution in [-0.2, 0) is 9.59 Å². The van der Waals surface area contributed by atoms with Crippen LogP contribution in [0, 0.1) is 5.82 Å². The Balaban J connectivity index is 2.63. The van der Waals surface area contributed by atoms with E-state index in [1.807, 2.05) is 5.32 Å². The van der Waals surface area contributed by atoms with Crippen molar-refractivity contribution in [3.05, 3.63) is 28.0 Å². The first kappa shape index (κ1) is 16.2. The average Bonchev–Trinajstić information content (AvgIpc) is 2.31. The van der Waals surface area contributed by atoms with Gasteiger partial charge in [-0.25, -0.2) is 9.18 Å². The van der Waals surface area contributed by atoms with Crippen molar-refractivity contribution in [2.24, 2.45) is 0 Å². The molecule has 0 saturated heterocycles. The smallest absolute Gasteiger partial charge is 0.325 e. The van der Waals surface area contributed by atoms with Gasteiger partial charge in [0.1, 0.15) is 5.82 Å². The number of carboxylic acid groups (broad SMARTS) is 1. The number of urea groups is 1. The minimum Gasteiger partial charge on any atom is -0.481 e. The van der Waals surface area contributed by atoms with Gasteiger partial charge in [-0.3, -0.25) is 14.9 Å². The minimum absolute atomic E-state index is 0.0572. The van der Waals surface area contributed by atoms with E-state index in [2.05, 4.69) is 5.32 Å². The molecule has 0 atom stereocenters. The molecule has 9 heteroatoms. The maximum Gasteiger partial charge on any atom is 0.325 e. The van der Waals surface area contributed by atoms with E-state index in [1.165, 1.54) is 0 Å². The van der Waals surface area contributed by atoms with Crippen LogP contribution in [-0.4, -0.2) is 23.0 Å². The van der Waals surface area contributed by atoms with Gasteiger partial charge in [-0.1, -0.05) is 23.2 Å². The van der Waals surface area contributed by atoms with E-state index in [4.69, 9.17) is 28.3 Å². The van der Waals surface area contributed by atoms with Crippen molar-refractivity contribution in [1.29, 1.82) is 0 Å². The Labute approximate surface area is 122 Å². The van der Waals surface area contributed by atoms with Crippen LogP contribution < -0.4 is 10.6 Å². The Morgan fingerprint density at radius 3 is 2.20 bits per heavy atom. The lowest BCUT2D eigenvalue weighted by Gasteiger charge is -2.09. The molecule has 3 amide bonds. The van der Waals surface area contributed by atoms with Crippen LogP contribution in [0.25, 0.3) is 0 Å². The summed E-state index contributed by atoms with van der Waals surface area (Å²) >= 11 is 11.4. The topological polar surface area (TPSA) is 95.5 Å². The van der Waals surface area contributed by atoms with Crippen LogP contribution in [0.3, 0.4) is 0 Å². The molecule has 3 N–H and O–H groups in total. The molecular weight excluding hydrogens is 314 g/mol. The fourth-order valence-electron chi connectivity index (χ4n) is 1.22. The lowest BCUT2D eigenvalue weighted by molar-refractivity contribution is -0.138. The zero-order valence-electron chi connectivity index (χ0n) is 9.87. The van der Waals surface area contributed by atoms with E-state index in [9.17, 15) is 18.8 Å². The molecule has 108 valence electrons. The number of halogens is 3.